The van der Waals surface area contributed by atoms with Crippen LogP contribution in [0.15, 0.2) is 0 Å². The van der Waals surface area contributed by atoms with Gasteiger partial charge >= 0.3 is 0 Å². The second-order valence-corrected chi connectivity index (χ2v) is 1.71. The Morgan fingerprint density at radius 3 is 2.00 bits per heavy atom. The number of aliphatic hydroxyl groups is 1. The summed E-state index contributed by atoms with van der Waals surface area (Å²) in [6.07, 6.45) is 0. The Kier molecular flexibility index (Phi) is 2.91. The summed E-state index contributed by atoms with van der Waals surface area (Å²) in [7, 11) is 0. The van der Waals surface area contributed by atoms with Gasteiger partial charge in [-0.25, -0.2) is 0 Å². The van der Waals surface area contributed by atoms with Crippen molar-refractivity contribution in [2.75, 3.05) is 6.61 Å². The van der Waals surface area contributed by atoms with Crippen molar-refractivity contribution in [1.29, 1.82) is 0 Å². The van der Waals surface area contributed by atoms with Crippen LogP contribution in [0.4, 0.5) is 0 Å². The summed E-state index contributed by atoms with van der Waals surface area (Å²) in [6, 6.07) is -0.370. The smallest absolute Gasteiger partial charge is 0.0597 e. The molecule has 0 aromatic carbocycles. The van der Waals surface area contributed by atoms with Crippen molar-refractivity contribution in [3.05, 3.63) is 0 Å². The zero-order valence-corrected chi connectivity index (χ0v) is 4.46. The first kappa shape index (κ1) is 6.88. The third-order valence-electron chi connectivity index (χ3n) is 0.886. The Morgan fingerprint density at radius 2 is 2.00 bits per heavy atom. The van der Waals surface area contributed by atoms with Crippen molar-refractivity contribution >= 4 is 0 Å². The summed E-state index contributed by atoms with van der Waals surface area (Å²) in [5.74, 6) is 0. The van der Waals surface area contributed by atoms with Gasteiger partial charge in [-0.15, -0.1) is 0 Å². The van der Waals surface area contributed by atoms with Gasteiger partial charge in [-0.2, -0.15) is 0 Å². The maximum atomic E-state index is 8.30. The van der Waals surface area contributed by atoms with Gasteiger partial charge in [-0.05, 0) is 6.92 Å². The fourth-order valence-corrected chi connectivity index (χ4v) is 0.166. The summed E-state index contributed by atoms with van der Waals surface area (Å²) in [5.41, 5.74) is 10.5. The van der Waals surface area contributed by atoms with Gasteiger partial charge in [0, 0.05) is 12.1 Å². The fraction of sp³-hybridized carbons (Fsp3) is 1.00. The summed E-state index contributed by atoms with van der Waals surface area (Å²) < 4.78 is 0. The van der Waals surface area contributed by atoms with E-state index in [4.69, 9.17) is 16.6 Å². The molecule has 44 valence electrons. The Hall–Kier alpha value is -0.120. The maximum Gasteiger partial charge on any atom is 0.0597 e. The van der Waals surface area contributed by atoms with Crippen LogP contribution in [-0.4, -0.2) is 23.8 Å². The number of nitrogens with two attached hydrogens (primary N) is 2. The molecule has 2 atom stereocenters. The highest BCUT2D eigenvalue weighted by molar-refractivity contribution is 4.68. The topological polar surface area (TPSA) is 72.3 Å². The van der Waals surface area contributed by atoms with E-state index in [0.717, 1.165) is 0 Å². The number of rotatable bonds is 2. The fourth-order valence-electron chi connectivity index (χ4n) is 0.166. The molecule has 0 aliphatic heterocycles. The lowest BCUT2D eigenvalue weighted by Gasteiger charge is -2.10. The Balaban J connectivity index is 3.14. The third-order valence-corrected chi connectivity index (χ3v) is 0.886. The first-order valence-corrected chi connectivity index (χ1v) is 2.30. The lowest BCUT2D eigenvalue weighted by molar-refractivity contribution is 0.253. The quantitative estimate of drug-likeness (QED) is 0.405. The van der Waals surface area contributed by atoms with Gasteiger partial charge in [0.1, 0.15) is 0 Å². The minimum absolute atomic E-state index is 0.0301. The molecule has 3 heteroatoms. The lowest BCUT2D eigenvalue weighted by atomic mass is 10.2. The van der Waals surface area contributed by atoms with Gasteiger partial charge in [0.05, 0.1) is 6.61 Å². The molecule has 0 aliphatic rings. The van der Waals surface area contributed by atoms with Gasteiger partial charge in [-0.3, -0.25) is 0 Å². The molecule has 0 rings (SSSR count). The van der Waals surface area contributed by atoms with Gasteiger partial charge in [-0.1, -0.05) is 0 Å². The number of hydrogen-bond acceptors (Lipinski definition) is 3. The average Bonchev–Trinajstić information content (AvgIpc) is 1.65. The van der Waals surface area contributed by atoms with Gasteiger partial charge < -0.3 is 16.6 Å². The zero-order valence-electron chi connectivity index (χ0n) is 4.46. The van der Waals surface area contributed by atoms with E-state index in [2.05, 4.69) is 0 Å². The summed E-state index contributed by atoms with van der Waals surface area (Å²) in [4.78, 5) is 0. The van der Waals surface area contributed by atoms with Crippen molar-refractivity contribution in [2.45, 2.75) is 19.0 Å². The molecule has 3 nitrogen and oxygen atoms in total. The van der Waals surface area contributed by atoms with Crippen LogP contribution in [-0.2, 0) is 0 Å². The van der Waals surface area contributed by atoms with Crippen LogP contribution >= 0.6 is 0 Å². The highest BCUT2D eigenvalue weighted by Crippen LogP contribution is 1.79. The number of hydrogen-bond donors (Lipinski definition) is 3. The minimum atomic E-state index is -0.264. The molecule has 0 heterocycles. The lowest BCUT2D eigenvalue weighted by Crippen LogP contribution is -2.41. The molecular weight excluding hydrogens is 92.1 g/mol. The molecule has 7 heavy (non-hydrogen) atoms. The van der Waals surface area contributed by atoms with E-state index in [1.807, 2.05) is 0 Å². The second kappa shape index (κ2) is 2.96. The van der Waals surface area contributed by atoms with E-state index in [0.29, 0.717) is 0 Å². The largest absolute Gasteiger partial charge is 0.395 e. The predicted molar refractivity (Wildman–Crippen MR) is 28.7 cm³/mol. The average molecular weight is 104 g/mol. The maximum absolute atomic E-state index is 8.30. The van der Waals surface area contributed by atoms with Crippen molar-refractivity contribution in [1.82, 2.24) is 0 Å². The summed E-state index contributed by atoms with van der Waals surface area (Å²) in [6.45, 7) is 1.73. The molecule has 0 spiro atoms. The standard InChI is InChI=1S/C4H12N2O/c1-3(5)4(6)2-7/h3-4,7H,2,5-6H2,1H3. The Morgan fingerprint density at radius 1 is 1.57 bits per heavy atom. The molecule has 2 unspecified atom stereocenters. The van der Waals surface area contributed by atoms with E-state index in [1.165, 1.54) is 0 Å². The van der Waals surface area contributed by atoms with Crippen LogP contribution in [0, 0.1) is 0 Å². The van der Waals surface area contributed by atoms with Crippen molar-refractivity contribution < 1.29 is 5.11 Å². The highest BCUT2D eigenvalue weighted by atomic mass is 16.3. The van der Waals surface area contributed by atoms with E-state index < -0.39 is 0 Å². The van der Waals surface area contributed by atoms with Crippen molar-refractivity contribution in [3.63, 3.8) is 0 Å². The van der Waals surface area contributed by atoms with Gasteiger partial charge in [0.25, 0.3) is 0 Å². The molecule has 0 radical (unpaired) electrons. The van der Waals surface area contributed by atoms with Crippen LogP contribution in [0.5, 0.6) is 0 Å². The zero-order chi connectivity index (χ0) is 5.86. The minimum Gasteiger partial charge on any atom is -0.395 e. The van der Waals surface area contributed by atoms with E-state index in [9.17, 15) is 0 Å². The van der Waals surface area contributed by atoms with Crippen molar-refractivity contribution in [2.24, 2.45) is 11.5 Å². The molecule has 5 N–H and O–H groups in total. The SMILES string of the molecule is CC(N)C(N)CO. The normalized spacial score (nSPS) is 18.9. The van der Waals surface area contributed by atoms with Crippen LogP contribution in [0.25, 0.3) is 0 Å². The molecule has 0 saturated carbocycles. The Bertz CT molecular complexity index is 47.0. The van der Waals surface area contributed by atoms with Crippen LogP contribution < -0.4 is 11.5 Å². The van der Waals surface area contributed by atoms with E-state index >= 15 is 0 Å². The molecule has 0 fully saturated rings. The second-order valence-electron chi connectivity index (χ2n) is 1.71. The number of aliphatic hydroxyl groups excluding tert-OH is 1. The highest BCUT2D eigenvalue weighted by Gasteiger charge is 2.03. The van der Waals surface area contributed by atoms with Crippen LogP contribution in [0.1, 0.15) is 6.92 Å². The van der Waals surface area contributed by atoms with Gasteiger partial charge in [0.2, 0.25) is 0 Å². The third kappa shape index (κ3) is 2.56. The monoisotopic (exact) mass is 104 g/mol. The molecule has 0 aromatic rings. The molecule has 0 saturated heterocycles. The van der Waals surface area contributed by atoms with E-state index in [1.54, 1.807) is 6.92 Å². The summed E-state index contributed by atoms with van der Waals surface area (Å²) in [5, 5.41) is 8.30. The van der Waals surface area contributed by atoms with Crippen LogP contribution in [0.2, 0.25) is 0 Å². The summed E-state index contributed by atoms with van der Waals surface area (Å²) >= 11 is 0. The Labute approximate surface area is 43.3 Å². The molecule has 0 aromatic heterocycles. The predicted octanol–water partition coefficient (Wildman–Crippen LogP) is -1.35. The first-order chi connectivity index (χ1) is 3.18. The molecule has 0 aliphatic carbocycles. The van der Waals surface area contributed by atoms with E-state index in [-0.39, 0.29) is 18.7 Å². The molecule has 0 bridgehead atoms. The van der Waals surface area contributed by atoms with Crippen LogP contribution in [0.3, 0.4) is 0 Å². The van der Waals surface area contributed by atoms with Gasteiger partial charge in [0.15, 0.2) is 0 Å². The molecular formula is C4H12N2O. The first-order valence-electron chi connectivity index (χ1n) is 2.30. The molecule has 0 amide bonds. The van der Waals surface area contributed by atoms with Crippen molar-refractivity contribution in [3.8, 4) is 0 Å².